The fraction of sp³-hybridized carbons (Fsp3) is 0.478. The highest BCUT2D eigenvalue weighted by Crippen LogP contribution is 2.28. The smallest absolute Gasteiger partial charge is 0.229 e. The second-order valence-electron chi connectivity index (χ2n) is 7.84. The number of benzene rings is 1. The molecule has 1 fully saturated rings. The lowest BCUT2D eigenvalue weighted by Gasteiger charge is -2.34. The molecule has 0 saturated carbocycles. The fourth-order valence-corrected chi connectivity index (χ4v) is 4.00. The van der Waals surface area contributed by atoms with Gasteiger partial charge in [0.25, 0.3) is 0 Å². The number of hydrogen-bond donors (Lipinski definition) is 1. The van der Waals surface area contributed by atoms with Crippen LogP contribution < -0.4 is 5.32 Å². The molecular formula is C23H30N4O2. The lowest BCUT2D eigenvalue weighted by atomic mass is 9.93. The summed E-state index contributed by atoms with van der Waals surface area (Å²) in [5, 5.41) is 2.65. The Labute approximate surface area is 172 Å². The number of carbonyl (C=O) groups is 2. The number of aryl methyl sites for hydroxylation is 2. The Hall–Kier alpha value is -2.76. The number of likely N-dealkylation sites (N-methyl/N-ethyl adjacent to an activating group) is 1. The summed E-state index contributed by atoms with van der Waals surface area (Å²) in [5.74, 6) is 0.865. The van der Waals surface area contributed by atoms with Crippen LogP contribution in [0.4, 0.5) is 0 Å². The number of carbonyl (C=O) groups excluding carboxylic acids is 2. The Morgan fingerprint density at radius 2 is 1.83 bits per heavy atom. The Balaban J connectivity index is 1.75. The molecule has 6 nitrogen and oxygen atoms in total. The molecule has 6 heteroatoms. The van der Waals surface area contributed by atoms with Gasteiger partial charge in [-0.1, -0.05) is 30.3 Å². The summed E-state index contributed by atoms with van der Waals surface area (Å²) >= 11 is 0. The van der Waals surface area contributed by atoms with Gasteiger partial charge in [0.2, 0.25) is 11.8 Å². The second kappa shape index (κ2) is 9.16. The summed E-state index contributed by atoms with van der Waals surface area (Å²) in [5.41, 5.74) is 3.62. The number of aromatic nitrogens is 2. The van der Waals surface area contributed by atoms with E-state index in [0.717, 1.165) is 47.7 Å². The van der Waals surface area contributed by atoms with E-state index in [1.807, 2.05) is 56.0 Å². The molecule has 29 heavy (non-hydrogen) atoms. The van der Waals surface area contributed by atoms with Crippen LogP contribution in [0.5, 0.6) is 0 Å². The highest BCUT2D eigenvalue weighted by atomic mass is 16.2. The Kier molecular flexibility index (Phi) is 6.62. The number of hydrogen-bond acceptors (Lipinski definition) is 4. The number of likely N-dealkylation sites (tertiary alicyclic amines) is 1. The van der Waals surface area contributed by atoms with Crippen LogP contribution in [0.1, 0.15) is 59.9 Å². The maximum atomic E-state index is 13.1. The molecule has 2 atom stereocenters. The molecule has 154 valence electrons. The van der Waals surface area contributed by atoms with Gasteiger partial charge in [0.1, 0.15) is 5.82 Å². The molecule has 1 N–H and O–H groups in total. The Morgan fingerprint density at radius 1 is 1.17 bits per heavy atom. The minimum Gasteiger partial charge on any atom is -0.359 e. The summed E-state index contributed by atoms with van der Waals surface area (Å²) < 4.78 is 0. The van der Waals surface area contributed by atoms with Crippen molar-refractivity contribution >= 4 is 11.8 Å². The van der Waals surface area contributed by atoms with Crippen molar-refractivity contribution in [3.63, 3.8) is 0 Å². The van der Waals surface area contributed by atoms with Gasteiger partial charge in [-0.25, -0.2) is 9.97 Å². The molecule has 2 amide bonds. The maximum Gasteiger partial charge on any atom is 0.229 e. The SMILES string of the molecule is CNC(=O)Cc1c(C)nc([C@H]2CCCN(C(=O)[C@@H](C)c3ccccc3)C2)nc1C. The van der Waals surface area contributed by atoms with E-state index in [2.05, 4.69) is 5.32 Å². The van der Waals surface area contributed by atoms with Crippen LogP contribution in [-0.4, -0.2) is 46.8 Å². The summed E-state index contributed by atoms with van der Waals surface area (Å²) in [6.45, 7) is 7.25. The Bertz CT molecular complexity index is 859. The molecule has 1 aliphatic rings. The third-order valence-corrected chi connectivity index (χ3v) is 5.82. The van der Waals surface area contributed by atoms with E-state index in [0.29, 0.717) is 6.54 Å². The Morgan fingerprint density at radius 3 is 2.45 bits per heavy atom. The summed E-state index contributed by atoms with van der Waals surface area (Å²) in [4.78, 5) is 36.2. The topological polar surface area (TPSA) is 75.2 Å². The average Bonchev–Trinajstić information content (AvgIpc) is 2.75. The van der Waals surface area contributed by atoms with Crippen LogP contribution in [0.2, 0.25) is 0 Å². The molecule has 1 aromatic heterocycles. The number of rotatable bonds is 5. The quantitative estimate of drug-likeness (QED) is 0.846. The molecule has 0 radical (unpaired) electrons. The second-order valence-corrected chi connectivity index (χ2v) is 7.84. The zero-order valence-electron chi connectivity index (χ0n) is 17.7. The van der Waals surface area contributed by atoms with Crippen molar-refractivity contribution in [3.8, 4) is 0 Å². The first kappa shape index (κ1) is 21.0. The first-order valence-corrected chi connectivity index (χ1v) is 10.3. The monoisotopic (exact) mass is 394 g/mol. The van der Waals surface area contributed by atoms with Crippen LogP contribution in [0.3, 0.4) is 0 Å². The van der Waals surface area contributed by atoms with Gasteiger partial charge >= 0.3 is 0 Å². The number of nitrogens with one attached hydrogen (secondary N) is 1. The van der Waals surface area contributed by atoms with Crippen molar-refractivity contribution < 1.29 is 9.59 Å². The minimum absolute atomic E-state index is 0.0445. The van der Waals surface area contributed by atoms with E-state index >= 15 is 0 Å². The molecule has 1 aliphatic heterocycles. The molecule has 1 saturated heterocycles. The average molecular weight is 395 g/mol. The van der Waals surface area contributed by atoms with E-state index in [-0.39, 0.29) is 30.1 Å². The van der Waals surface area contributed by atoms with E-state index in [9.17, 15) is 9.59 Å². The molecule has 0 aliphatic carbocycles. The zero-order chi connectivity index (χ0) is 21.0. The molecule has 2 aromatic rings. The van der Waals surface area contributed by atoms with E-state index < -0.39 is 0 Å². The number of nitrogens with zero attached hydrogens (tertiary/aromatic N) is 3. The third-order valence-electron chi connectivity index (χ3n) is 5.82. The van der Waals surface area contributed by atoms with Gasteiger partial charge in [0.15, 0.2) is 0 Å². The van der Waals surface area contributed by atoms with Gasteiger partial charge in [-0.2, -0.15) is 0 Å². The minimum atomic E-state index is -0.158. The van der Waals surface area contributed by atoms with Crippen molar-refractivity contribution in [2.24, 2.45) is 0 Å². The first-order chi connectivity index (χ1) is 13.9. The van der Waals surface area contributed by atoms with Crippen molar-refractivity contribution in [2.45, 2.75) is 51.9 Å². The van der Waals surface area contributed by atoms with Crippen molar-refractivity contribution in [2.75, 3.05) is 20.1 Å². The highest BCUT2D eigenvalue weighted by molar-refractivity contribution is 5.83. The van der Waals surface area contributed by atoms with E-state index in [1.54, 1.807) is 7.05 Å². The van der Waals surface area contributed by atoms with Crippen LogP contribution >= 0.6 is 0 Å². The number of amides is 2. The standard InChI is InChI=1S/C23H30N4O2/c1-15(18-9-6-5-7-10-18)23(29)27-12-8-11-19(14-27)22-25-16(2)20(17(3)26-22)13-21(28)24-4/h5-7,9-10,15,19H,8,11-14H2,1-4H3,(H,24,28)/t15-,19-/m0/s1. The lowest BCUT2D eigenvalue weighted by Crippen LogP contribution is -2.41. The van der Waals surface area contributed by atoms with Gasteiger partial charge in [-0.3, -0.25) is 9.59 Å². The first-order valence-electron chi connectivity index (χ1n) is 10.3. The lowest BCUT2D eigenvalue weighted by molar-refractivity contribution is -0.133. The van der Waals surface area contributed by atoms with Crippen LogP contribution in [0.15, 0.2) is 30.3 Å². The summed E-state index contributed by atoms with van der Waals surface area (Å²) in [6, 6.07) is 9.92. The van der Waals surface area contributed by atoms with Crippen molar-refractivity contribution in [1.82, 2.24) is 20.2 Å². The van der Waals surface area contributed by atoms with Gasteiger partial charge in [-0.05, 0) is 39.2 Å². The van der Waals surface area contributed by atoms with Crippen molar-refractivity contribution in [3.05, 3.63) is 58.7 Å². The molecule has 0 bridgehead atoms. The summed E-state index contributed by atoms with van der Waals surface area (Å²) in [7, 11) is 1.63. The van der Waals surface area contributed by atoms with Crippen LogP contribution in [0.25, 0.3) is 0 Å². The van der Waals surface area contributed by atoms with Crippen molar-refractivity contribution in [1.29, 1.82) is 0 Å². The molecular weight excluding hydrogens is 364 g/mol. The number of piperidine rings is 1. The fourth-order valence-electron chi connectivity index (χ4n) is 4.00. The summed E-state index contributed by atoms with van der Waals surface area (Å²) in [6.07, 6.45) is 2.20. The molecule has 2 heterocycles. The largest absolute Gasteiger partial charge is 0.359 e. The predicted octanol–water partition coefficient (Wildman–Crippen LogP) is 2.89. The van der Waals surface area contributed by atoms with Gasteiger partial charge in [-0.15, -0.1) is 0 Å². The molecule has 0 spiro atoms. The van der Waals surface area contributed by atoms with E-state index in [4.69, 9.17) is 9.97 Å². The third kappa shape index (κ3) is 4.81. The van der Waals surface area contributed by atoms with E-state index in [1.165, 1.54) is 0 Å². The van der Waals surface area contributed by atoms with Crippen LogP contribution in [-0.2, 0) is 16.0 Å². The molecule has 0 unspecified atom stereocenters. The molecule has 1 aromatic carbocycles. The van der Waals surface area contributed by atoms with Crippen LogP contribution in [0, 0.1) is 13.8 Å². The van der Waals surface area contributed by atoms with Gasteiger partial charge in [0.05, 0.1) is 12.3 Å². The van der Waals surface area contributed by atoms with Gasteiger partial charge in [0, 0.05) is 43.0 Å². The normalized spacial score (nSPS) is 17.7. The zero-order valence-corrected chi connectivity index (χ0v) is 17.7. The molecule has 3 rings (SSSR count). The maximum absolute atomic E-state index is 13.1. The van der Waals surface area contributed by atoms with Gasteiger partial charge < -0.3 is 10.2 Å². The predicted molar refractivity (Wildman–Crippen MR) is 113 cm³/mol. The highest BCUT2D eigenvalue weighted by Gasteiger charge is 2.30.